The van der Waals surface area contributed by atoms with E-state index in [0.29, 0.717) is 24.3 Å². The predicted octanol–water partition coefficient (Wildman–Crippen LogP) is 3.59. The Hall–Kier alpha value is -1.84. The van der Waals surface area contributed by atoms with E-state index in [1.54, 1.807) is 24.3 Å². The minimum absolute atomic E-state index is 0.245. The summed E-state index contributed by atoms with van der Waals surface area (Å²) in [6.07, 6.45) is 0.717. The molecule has 0 atom stereocenters. The summed E-state index contributed by atoms with van der Waals surface area (Å²) in [7, 11) is 0. The second-order valence-corrected chi connectivity index (χ2v) is 5.62. The third kappa shape index (κ3) is 6.36. The summed E-state index contributed by atoms with van der Waals surface area (Å²) in [5.74, 6) is 0.705. The molecule has 0 radical (unpaired) electrons. The van der Waals surface area contributed by atoms with E-state index in [0.717, 1.165) is 0 Å². The molecule has 0 aliphatic heterocycles. The fourth-order valence-electron chi connectivity index (χ4n) is 1.61. The van der Waals surface area contributed by atoms with Crippen LogP contribution in [0.25, 0.3) is 0 Å². The van der Waals surface area contributed by atoms with E-state index in [2.05, 4.69) is 0 Å². The number of ether oxygens (including phenoxy) is 2. The van der Waals surface area contributed by atoms with Crippen molar-refractivity contribution in [1.29, 1.82) is 0 Å². The Morgan fingerprint density at radius 3 is 1.65 bits per heavy atom. The zero-order valence-electron chi connectivity index (χ0n) is 12.5. The Bertz CT molecular complexity index is 424. The average molecular weight is 278 g/mol. The Labute approximate surface area is 120 Å². The highest BCUT2D eigenvalue weighted by atomic mass is 16.5. The third-order valence-electron chi connectivity index (χ3n) is 2.42. The van der Waals surface area contributed by atoms with Crippen molar-refractivity contribution in [3.8, 4) is 11.5 Å². The van der Waals surface area contributed by atoms with Crippen LogP contribution < -0.4 is 9.47 Å². The number of rotatable bonds is 6. The molecule has 0 aromatic heterocycles. The highest BCUT2D eigenvalue weighted by molar-refractivity contribution is 5.74. The van der Waals surface area contributed by atoms with Gasteiger partial charge in [0.15, 0.2) is 0 Å². The van der Waals surface area contributed by atoms with E-state index < -0.39 is 0 Å². The van der Waals surface area contributed by atoms with Crippen molar-refractivity contribution < 1.29 is 19.1 Å². The Kier molecular flexibility index (Phi) is 6.22. The normalized spacial score (nSPS) is 10.7. The number of hydrogen-bond acceptors (Lipinski definition) is 4. The molecule has 0 spiro atoms. The molecule has 0 bridgehead atoms. The van der Waals surface area contributed by atoms with Gasteiger partial charge in [0, 0.05) is 18.9 Å². The molecule has 0 N–H and O–H groups in total. The lowest BCUT2D eigenvalue weighted by atomic mass is 10.1. The molecule has 110 valence electrons. The summed E-state index contributed by atoms with van der Waals surface area (Å²) < 4.78 is 10.4. The molecule has 4 heteroatoms. The predicted molar refractivity (Wildman–Crippen MR) is 76.6 cm³/mol. The van der Waals surface area contributed by atoms with Crippen molar-refractivity contribution in [2.45, 2.75) is 40.5 Å². The van der Waals surface area contributed by atoms with Gasteiger partial charge in [0.25, 0.3) is 0 Å². The van der Waals surface area contributed by atoms with Crippen LogP contribution in [-0.2, 0) is 9.59 Å². The summed E-state index contributed by atoms with van der Waals surface area (Å²) in [6, 6.07) is 6.57. The van der Waals surface area contributed by atoms with Gasteiger partial charge in [-0.3, -0.25) is 9.59 Å². The van der Waals surface area contributed by atoms with Crippen LogP contribution in [0, 0.1) is 11.8 Å². The summed E-state index contributed by atoms with van der Waals surface area (Å²) in [5.41, 5.74) is 0. The van der Waals surface area contributed by atoms with Crippen LogP contribution in [0.1, 0.15) is 40.5 Å². The minimum Gasteiger partial charge on any atom is -0.426 e. The first-order valence-corrected chi connectivity index (χ1v) is 6.88. The smallest absolute Gasteiger partial charge is 0.311 e. The Morgan fingerprint density at radius 1 is 0.900 bits per heavy atom. The zero-order chi connectivity index (χ0) is 15.1. The van der Waals surface area contributed by atoms with Crippen molar-refractivity contribution in [3.05, 3.63) is 24.3 Å². The highest BCUT2D eigenvalue weighted by Gasteiger charge is 2.10. The van der Waals surface area contributed by atoms with Gasteiger partial charge in [-0.05, 0) is 24.0 Å². The third-order valence-corrected chi connectivity index (χ3v) is 2.42. The SMILES string of the molecule is CC(C)CC(=O)Oc1cccc(OC(=O)CC(C)C)c1. The summed E-state index contributed by atoms with van der Waals surface area (Å²) in [6.45, 7) is 7.80. The Balaban J connectivity index is 2.61. The molecule has 20 heavy (non-hydrogen) atoms. The molecule has 1 aromatic carbocycles. The molecule has 0 fully saturated rings. The standard InChI is InChI=1S/C16H22O4/c1-11(2)8-15(17)19-13-6-5-7-14(10-13)20-16(18)9-12(3)4/h5-7,10-12H,8-9H2,1-4H3. The average Bonchev–Trinajstić information content (AvgIpc) is 2.26. The van der Waals surface area contributed by atoms with Crippen molar-refractivity contribution >= 4 is 11.9 Å². The van der Waals surface area contributed by atoms with Crippen molar-refractivity contribution in [1.82, 2.24) is 0 Å². The topological polar surface area (TPSA) is 52.6 Å². The van der Waals surface area contributed by atoms with Gasteiger partial charge in [0.05, 0.1) is 0 Å². The summed E-state index contributed by atoms with van der Waals surface area (Å²) in [5, 5.41) is 0. The van der Waals surface area contributed by atoms with Gasteiger partial charge in [-0.2, -0.15) is 0 Å². The molecular formula is C16H22O4. The maximum Gasteiger partial charge on any atom is 0.311 e. The van der Waals surface area contributed by atoms with Crippen LogP contribution >= 0.6 is 0 Å². The molecule has 0 aliphatic rings. The molecule has 1 rings (SSSR count). The quantitative estimate of drug-likeness (QED) is 0.589. The van der Waals surface area contributed by atoms with Crippen LogP contribution in [0.2, 0.25) is 0 Å². The lowest BCUT2D eigenvalue weighted by Gasteiger charge is -2.09. The molecule has 1 aromatic rings. The molecule has 0 amide bonds. The zero-order valence-corrected chi connectivity index (χ0v) is 12.5. The highest BCUT2D eigenvalue weighted by Crippen LogP contribution is 2.21. The van der Waals surface area contributed by atoms with Gasteiger partial charge in [-0.15, -0.1) is 0 Å². The van der Waals surface area contributed by atoms with E-state index in [9.17, 15) is 9.59 Å². The Morgan fingerprint density at radius 2 is 1.30 bits per heavy atom. The van der Waals surface area contributed by atoms with Crippen LogP contribution in [0.5, 0.6) is 11.5 Å². The minimum atomic E-state index is -0.286. The molecule has 4 nitrogen and oxygen atoms in total. The second-order valence-electron chi connectivity index (χ2n) is 5.62. The first-order valence-electron chi connectivity index (χ1n) is 6.88. The van der Waals surface area contributed by atoms with Crippen molar-refractivity contribution in [2.75, 3.05) is 0 Å². The van der Waals surface area contributed by atoms with E-state index in [1.165, 1.54) is 0 Å². The van der Waals surface area contributed by atoms with Gasteiger partial charge < -0.3 is 9.47 Å². The molecule has 0 heterocycles. The van der Waals surface area contributed by atoms with Gasteiger partial charge in [0.1, 0.15) is 11.5 Å². The van der Waals surface area contributed by atoms with Gasteiger partial charge in [0.2, 0.25) is 0 Å². The lowest BCUT2D eigenvalue weighted by Crippen LogP contribution is -2.12. The largest absolute Gasteiger partial charge is 0.426 e. The van der Waals surface area contributed by atoms with E-state index in [4.69, 9.17) is 9.47 Å². The van der Waals surface area contributed by atoms with Crippen molar-refractivity contribution in [2.24, 2.45) is 11.8 Å². The number of hydrogen-bond donors (Lipinski definition) is 0. The molecule has 0 aliphatic carbocycles. The first-order chi connectivity index (χ1) is 9.36. The van der Waals surface area contributed by atoms with Gasteiger partial charge in [-0.1, -0.05) is 33.8 Å². The molecule has 0 saturated heterocycles. The summed E-state index contributed by atoms with van der Waals surface area (Å²) >= 11 is 0. The van der Waals surface area contributed by atoms with Crippen LogP contribution in [-0.4, -0.2) is 11.9 Å². The van der Waals surface area contributed by atoms with E-state index >= 15 is 0 Å². The number of esters is 2. The van der Waals surface area contributed by atoms with Gasteiger partial charge >= 0.3 is 11.9 Å². The molecule has 0 saturated carbocycles. The van der Waals surface area contributed by atoms with Crippen molar-refractivity contribution in [3.63, 3.8) is 0 Å². The van der Waals surface area contributed by atoms with E-state index in [-0.39, 0.29) is 23.8 Å². The first kappa shape index (κ1) is 16.2. The lowest BCUT2D eigenvalue weighted by molar-refractivity contribution is -0.135. The fourth-order valence-corrected chi connectivity index (χ4v) is 1.61. The van der Waals surface area contributed by atoms with Crippen LogP contribution in [0.4, 0.5) is 0 Å². The molecule has 0 unspecified atom stereocenters. The summed E-state index contributed by atoms with van der Waals surface area (Å²) in [4.78, 5) is 23.1. The van der Waals surface area contributed by atoms with Gasteiger partial charge in [-0.25, -0.2) is 0 Å². The monoisotopic (exact) mass is 278 g/mol. The number of carbonyl (C=O) groups excluding carboxylic acids is 2. The second kappa shape index (κ2) is 7.68. The van der Waals surface area contributed by atoms with E-state index in [1.807, 2.05) is 27.7 Å². The van der Waals surface area contributed by atoms with Crippen LogP contribution in [0.15, 0.2) is 24.3 Å². The fraction of sp³-hybridized carbons (Fsp3) is 0.500. The number of carbonyl (C=O) groups is 2. The van der Waals surface area contributed by atoms with Crippen LogP contribution in [0.3, 0.4) is 0 Å². The maximum atomic E-state index is 11.6. The number of benzene rings is 1. The molecular weight excluding hydrogens is 256 g/mol. The maximum absolute atomic E-state index is 11.6.